The van der Waals surface area contributed by atoms with E-state index >= 15 is 26.3 Å². The van der Waals surface area contributed by atoms with Crippen molar-refractivity contribution in [3.63, 3.8) is 0 Å². The Morgan fingerprint density at radius 1 is 0.690 bits per heavy atom. The molecule has 4 atom stereocenters. The lowest BCUT2D eigenvalue weighted by Crippen LogP contribution is -2.45. The zero-order valence-electron chi connectivity index (χ0n) is 23.6. The van der Waals surface area contributed by atoms with Gasteiger partial charge in [0, 0.05) is 76.5 Å². The van der Waals surface area contributed by atoms with Crippen molar-refractivity contribution in [2.24, 2.45) is 21.7 Å². The van der Waals surface area contributed by atoms with Gasteiger partial charge in [-0.25, -0.2) is 0 Å². The van der Waals surface area contributed by atoms with E-state index in [0.29, 0.717) is 0 Å². The van der Waals surface area contributed by atoms with E-state index in [1.807, 2.05) is 0 Å². The Balaban J connectivity index is 2.04. The first-order chi connectivity index (χ1) is 19.3. The van der Waals surface area contributed by atoms with E-state index in [-0.39, 0.29) is 0 Å². The van der Waals surface area contributed by atoms with Crippen LogP contribution in [0.1, 0.15) is 34.6 Å². The smallest absolute Gasteiger partial charge is 0.383 e. The summed E-state index contributed by atoms with van der Waals surface area (Å²) in [5.74, 6) is -4.63. The third-order valence-corrected chi connectivity index (χ3v) is 8.32. The number of pyridine rings is 2. The molecule has 0 N–H and O–H groups in total. The highest BCUT2D eigenvalue weighted by Crippen LogP contribution is 2.84. The standard InChI is InChI=1S/C29H28F6N4O3/c1-24(19(15-38(3)4)26(24,28(30,31)32)21(40)17-9-7-11-36-13-17)23(42)25(2)20(16-39(5)6)27(25,29(33,34)35)22(41)18-10-8-12-37-14-18/h7-16H,1-6H3. The Hall–Kier alpha value is -4.03. The van der Waals surface area contributed by atoms with Crippen molar-refractivity contribution < 1.29 is 40.7 Å². The van der Waals surface area contributed by atoms with Crippen LogP contribution in [0.15, 0.2) is 72.6 Å². The lowest BCUT2D eigenvalue weighted by molar-refractivity contribution is -0.189. The number of ketones is 3. The van der Waals surface area contributed by atoms with Gasteiger partial charge in [-0.1, -0.05) is 0 Å². The molecule has 0 aliphatic heterocycles. The van der Waals surface area contributed by atoms with Gasteiger partial charge in [0.05, 0.1) is 10.8 Å². The van der Waals surface area contributed by atoms with Gasteiger partial charge in [0.2, 0.25) is 0 Å². The predicted octanol–water partition coefficient (Wildman–Crippen LogP) is 5.14. The number of rotatable bonds is 8. The zero-order chi connectivity index (χ0) is 31.7. The van der Waals surface area contributed by atoms with Crippen molar-refractivity contribution >= 4 is 17.3 Å². The molecule has 42 heavy (non-hydrogen) atoms. The maximum Gasteiger partial charge on any atom is 0.406 e. The van der Waals surface area contributed by atoms with Crippen molar-refractivity contribution in [2.45, 2.75) is 26.2 Å². The van der Waals surface area contributed by atoms with E-state index in [4.69, 9.17) is 0 Å². The van der Waals surface area contributed by atoms with Gasteiger partial charge in [-0.15, -0.1) is 0 Å². The third kappa shape index (κ3) is 3.77. The number of alkyl halides is 6. The highest BCUT2D eigenvalue weighted by Gasteiger charge is 2.96. The summed E-state index contributed by atoms with van der Waals surface area (Å²) in [6.45, 7) is 1.64. The van der Waals surface area contributed by atoms with Gasteiger partial charge in [0.25, 0.3) is 0 Å². The molecule has 2 heterocycles. The van der Waals surface area contributed by atoms with Gasteiger partial charge in [-0.3, -0.25) is 24.4 Å². The predicted molar refractivity (Wildman–Crippen MR) is 139 cm³/mol. The van der Waals surface area contributed by atoms with Crippen molar-refractivity contribution in [3.05, 3.63) is 83.7 Å². The average molecular weight is 595 g/mol. The van der Waals surface area contributed by atoms with Crippen LogP contribution < -0.4 is 0 Å². The first kappa shape index (κ1) is 30.9. The molecule has 0 saturated heterocycles. The topological polar surface area (TPSA) is 83.5 Å². The van der Waals surface area contributed by atoms with Crippen LogP contribution in [0.5, 0.6) is 0 Å². The second kappa shape index (κ2) is 9.50. The Labute approximate surface area is 237 Å². The van der Waals surface area contributed by atoms with Crippen LogP contribution in [0.2, 0.25) is 0 Å². The molecule has 2 aromatic heterocycles. The maximum absolute atomic E-state index is 15.2. The van der Waals surface area contributed by atoms with Gasteiger partial charge >= 0.3 is 12.4 Å². The van der Waals surface area contributed by atoms with Crippen LogP contribution in [-0.4, -0.2) is 77.7 Å². The zero-order valence-corrected chi connectivity index (χ0v) is 23.6. The minimum atomic E-state index is -5.41. The molecule has 0 amide bonds. The first-order valence-electron chi connectivity index (χ1n) is 12.6. The molecule has 0 radical (unpaired) electrons. The third-order valence-electron chi connectivity index (χ3n) is 8.32. The number of hydrogen-bond acceptors (Lipinski definition) is 7. The van der Waals surface area contributed by atoms with Gasteiger partial charge in [0.1, 0.15) is 0 Å². The fourth-order valence-electron chi connectivity index (χ4n) is 6.43. The van der Waals surface area contributed by atoms with Crippen LogP contribution in [-0.2, 0) is 4.79 Å². The van der Waals surface area contributed by atoms with Gasteiger partial charge in [-0.05, 0) is 49.3 Å². The minimum absolute atomic E-state index is 0.477. The van der Waals surface area contributed by atoms with Crippen molar-refractivity contribution in [1.82, 2.24) is 19.8 Å². The monoisotopic (exact) mass is 594 g/mol. The Morgan fingerprint density at radius 3 is 1.26 bits per heavy atom. The summed E-state index contributed by atoms with van der Waals surface area (Å²) >= 11 is 0. The molecular weight excluding hydrogens is 566 g/mol. The average Bonchev–Trinajstić information content (AvgIpc) is 3.67. The fourth-order valence-corrected chi connectivity index (χ4v) is 6.43. The quantitative estimate of drug-likeness (QED) is 0.309. The lowest BCUT2D eigenvalue weighted by Gasteiger charge is -2.27. The number of Topliss-reactive ketones (excluding diaryl/α,β-unsaturated/α-hetero) is 3. The van der Waals surface area contributed by atoms with E-state index in [1.54, 1.807) is 0 Å². The van der Waals surface area contributed by atoms with Gasteiger partial charge in [0.15, 0.2) is 28.2 Å². The summed E-state index contributed by atoms with van der Waals surface area (Å²) in [5, 5.41) is 0. The van der Waals surface area contributed by atoms with Crippen molar-refractivity contribution in [2.75, 3.05) is 28.2 Å². The molecule has 4 unspecified atom stereocenters. The number of halogens is 6. The molecule has 2 aromatic rings. The second-order valence-electron chi connectivity index (χ2n) is 11.2. The summed E-state index contributed by atoms with van der Waals surface area (Å²) in [4.78, 5) is 51.7. The number of carbonyl (C=O) groups excluding carboxylic acids is 3. The lowest BCUT2D eigenvalue weighted by atomic mass is 9.75. The van der Waals surface area contributed by atoms with Crippen molar-refractivity contribution in [3.8, 4) is 0 Å². The summed E-state index contributed by atoms with van der Waals surface area (Å²) in [6, 6.07) is 4.63. The fraction of sp³-hybridized carbons (Fsp3) is 0.414. The molecule has 2 aliphatic carbocycles. The number of allylic oxidation sites excluding steroid dienone is 2. The molecule has 224 valence electrons. The SMILES string of the molecule is CN(C)C=C1C(C)(C(=O)C2(C)C(=CN(C)C)C2(C(=O)c2cccnc2)C(F)(F)F)C1(C(=O)c1cccnc1)C(F)(F)F. The molecule has 13 heteroatoms. The highest BCUT2D eigenvalue weighted by atomic mass is 19.4. The maximum atomic E-state index is 15.2. The molecular formula is C29H28F6N4O3. The van der Waals surface area contributed by atoms with Crippen molar-refractivity contribution in [1.29, 1.82) is 0 Å². The van der Waals surface area contributed by atoms with Crippen LogP contribution in [0.25, 0.3) is 0 Å². The van der Waals surface area contributed by atoms with E-state index in [9.17, 15) is 14.4 Å². The van der Waals surface area contributed by atoms with E-state index in [0.717, 1.165) is 50.8 Å². The van der Waals surface area contributed by atoms with Crippen LogP contribution >= 0.6 is 0 Å². The molecule has 4 rings (SSSR count). The molecule has 2 saturated carbocycles. The molecule has 2 aliphatic rings. The molecule has 7 nitrogen and oxygen atoms in total. The molecule has 0 bridgehead atoms. The van der Waals surface area contributed by atoms with Crippen LogP contribution in [0, 0.1) is 21.7 Å². The summed E-state index contributed by atoms with van der Waals surface area (Å²) in [7, 11) is 5.42. The van der Waals surface area contributed by atoms with Gasteiger partial charge < -0.3 is 9.80 Å². The van der Waals surface area contributed by atoms with Gasteiger partial charge in [-0.2, -0.15) is 26.3 Å². The molecule has 2 fully saturated rings. The Morgan fingerprint density at radius 2 is 1.02 bits per heavy atom. The minimum Gasteiger partial charge on any atom is -0.383 e. The summed E-state index contributed by atoms with van der Waals surface area (Å²) < 4.78 is 91.1. The normalized spacial score (nSPS) is 30.7. The number of hydrogen-bond donors (Lipinski definition) is 0. The summed E-state index contributed by atoms with van der Waals surface area (Å²) in [5.41, 5.74) is -15.0. The summed E-state index contributed by atoms with van der Waals surface area (Å²) in [6.07, 6.45) is -4.69. The number of aromatic nitrogens is 2. The highest BCUT2D eigenvalue weighted by molar-refractivity contribution is 6.22. The Kier molecular flexibility index (Phi) is 6.99. The van der Waals surface area contributed by atoms with Crippen LogP contribution in [0.4, 0.5) is 26.3 Å². The molecule has 0 aromatic carbocycles. The number of carbonyl (C=O) groups is 3. The number of nitrogens with zero attached hydrogens (tertiary/aromatic N) is 4. The van der Waals surface area contributed by atoms with Crippen LogP contribution in [0.3, 0.4) is 0 Å². The van der Waals surface area contributed by atoms with E-state index in [2.05, 4.69) is 9.97 Å². The second-order valence-corrected chi connectivity index (χ2v) is 11.2. The Bertz CT molecular complexity index is 1390. The van der Waals surface area contributed by atoms with E-state index < -0.39 is 73.6 Å². The first-order valence-corrected chi connectivity index (χ1v) is 12.6. The molecule has 0 spiro atoms. The largest absolute Gasteiger partial charge is 0.406 e. The van der Waals surface area contributed by atoms with E-state index in [1.165, 1.54) is 62.5 Å².